The number of carbonyl (C=O) groups excluding carboxylic acids is 1. The molecule has 0 radical (unpaired) electrons. The maximum absolute atomic E-state index is 12.0. The van der Waals surface area contributed by atoms with Crippen LogP contribution in [0.5, 0.6) is 11.5 Å². The third-order valence-electron chi connectivity index (χ3n) is 2.17. The van der Waals surface area contributed by atoms with Crippen LogP contribution < -0.4 is 20.1 Å². The number of nitrogens with one attached hydrogen (secondary N) is 2. The lowest BCUT2D eigenvalue weighted by molar-refractivity contribution is -0.122. The van der Waals surface area contributed by atoms with Crippen molar-refractivity contribution in [2.75, 3.05) is 26.1 Å². The van der Waals surface area contributed by atoms with Crippen LogP contribution in [-0.2, 0) is 0 Å². The van der Waals surface area contributed by atoms with E-state index in [2.05, 4.69) is 5.32 Å². The van der Waals surface area contributed by atoms with E-state index in [4.69, 9.17) is 21.1 Å². The van der Waals surface area contributed by atoms with Crippen molar-refractivity contribution in [2.45, 2.75) is 6.18 Å². The molecular formula is C11H12ClF3N2O3. The van der Waals surface area contributed by atoms with Gasteiger partial charge >= 0.3 is 12.2 Å². The summed E-state index contributed by atoms with van der Waals surface area (Å²) in [5.74, 6) is 0.512. The first kappa shape index (κ1) is 16.2. The highest BCUT2D eigenvalue weighted by molar-refractivity contribution is 6.32. The lowest BCUT2D eigenvalue weighted by Gasteiger charge is -2.14. The minimum absolute atomic E-state index is 0.123. The second kappa shape index (κ2) is 6.56. The number of benzene rings is 1. The summed E-state index contributed by atoms with van der Waals surface area (Å²) in [5.41, 5.74) is 0.123. The van der Waals surface area contributed by atoms with E-state index >= 15 is 0 Å². The van der Waals surface area contributed by atoms with Gasteiger partial charge in [-0.05, 0) is 6.07 Å². The number of amides is 2. The second-order valence-electron chi connectivity index (χ2n) is 3.61. The minimum atomic E-state index is -4.49. The summed E-state index contributed by atoms with van der Waals surface area (Å²) < 4.78 is 45.8. The van der Waals surface area contributed by atoms with Gasteiger partial charge < -0.3 is 20.1 Å². The molecule has 0 saturated carbocycles. The Morgan fingerprint density at radius 2 is 1.85 bits per heavy atom. The molecule has 0 aromatic heterocycles. The monoisotopic (exact) mass is 312 g/mol. The van der Waals surface area contributed by atoms with Crippen LogP contribution in [0.2, 0.25) is 5.02 Å². The number of urea groups is 1. The summed E-state index contributed by atoms with van der Waals surface area (Å²) in [6.07, 6.45) is -4.49. The van der Waals surface area contributed by atoms with Crippen molar-refractivity contribution < 1.29 is 27.4 Å². The van der Waals surface area contributed by atoms with Gasteiger partial charge in [-0.2, -0.15) is 13.2 Å². The number of anilines is 1. The summed E-state index contributed by atoms with van der Waals surface area (Å²) in [6.45, 7) is -1.44. The normalized spacial score (nSPS) is 10.9. The lowest BCUT2D eigenvalue weighted by Crippen LogP contribution is -2.36. The molecule has 20 heavy (non-hydrogen) atoms. The first-order valence-electron chi connectivity index (χ1n) is 5.30. The number of alkyl halides is 3. The van der Waals surface area contributed by atoms with E-state index in [1.54, 1.807) is 5.32 Å². The number of carbonyl (C=O) groups is 1. The molecule has 0 aliphatic carbocycles. The molecule has 0 aliphatic heterocycles. The van der Waals surface area contributed by atoms with Crippen molar-refractivity contribution in [1.82, 2.24) is 5.32 Å². The Bertz CT molecular complexity index is 495. The summed E-state index contributed by atoms with van der Waals surface area (Å²) in [7, 11) is 2.73. The molecule has 0 unspecified atom stereocenters. The minimum Gasteiger partial charge on any atom is -0.495 e. The van der Waals surface area contributed by atoms with Crippen molar-refractivity contribution in [1.29, 1.82) is 0 Å². The van der Waals surface area contributed by atoms with Gasteiger partial charge in [-0.25, -0.2) is 4.79 Å². The largest absolute Gasteiger partial charge is 0.495 e. The summed E-state index contributed by atoms with van der Waals surface area (Å²) in [4.78, 5) is 11.3. The molecule has 1 aromatic rings. The topological polar surface area (TPSA) is 59.6 Å². The van der Waals surface area contributed by atoms with Gasteiger partial charge in [0.2, 0.25) is 0 Å². The zero-order chi connectivity index (χ0) is 15.3. The first-order chi connectivity index (χ1) is 9.26. The fourth-order valence-corrected chi connectivity index (χ4v) is 1.55. The molecule has 112 valence electrons. The van der Waals surface area contributed by atoms with Gasteiger partial charge in [0.05, 0.1) is 24.9 Å². The maximum atomic E-state index is 12.0. The van der Waals surface area contributed by atoms with Crippen molar-refractivity contribution in [3.63, 3.8) is 0 Å². The van der Waals surface area contributed by atoms with E-state index in [0.29, 0.717) is 5.75 Å². The van der Waals surface area contributed by atoms with E-state index in [9.17, 15) is 18.0 Å². The molecular weight excluding hydrogens is 301 g/mol. The Kier molecular flexibility index (Phi) is 5.32. The number of rotatable bonds is 4. The van der Waals surface area contributed by atoms with Gasteiger partial charge in [-0.1, -0.05) is 11.6 Å². The van der Waals surface area contributed by atoms with Crippen LogP contribution in [0.3, 0.4) is 0 Å². The van der Waals surface area contributed by atoms with Crippen molar-refractivity contribution in [3.05, 3.63) is 17.2 Å². The lowest BCUT2D eigenvalue weighted by atomic mass is 10.2. The van der Waals surface area contributed by atoms with E-state index in [1.165, 1.54) is 26.4 Å². The highest BCUT2D eigenvalue weighted by Gasteiger charge is 2.27. The fraction of sp³-hybridized carbons (Fsp3) is 0.364. The zero-order valence-corrected chi connectivity index (χ0v) is 11.4. The molecule has 0 fully saturated rings. The van der Waals surface area contributed by atoms with Gasteiger partial charge in [0.15, 0.2) is 0 Å². The molecule has 1 aromatic carbocycles. The highest BCUT2D eigenvalue weighted by Crippen LogP contribution is 2.35. The third kappa shape index (κ3) is 4.69. The van der Waals surface area contributed by atoms with Crippen LogP contribution in [0.4, 0.5) is 23.7 Å². The molecule has 0 saturated heterocycles. The van der Waals surface area contributed by atoms with E-state index in [0.717, 1.165) is 0 Å². The molecule has 0 spiro atoms. The number of hydrogen-bond acceptors (Lipinski definition) is 3. The summed E-state index contributed by atoms with van der Waals surface area (Å²) >= 11 is 5.86. The van der Waals surface area contributed by atoms with E-state index in [-0.39, 0.29) is 16.5 Å². The van der Waals surface area contributed by atoms with Crippen molar-refractivity contribution in [2.24, 2.45) is 0 Å². The number of ether oxygens (including phenoxy) is 2. The van der Waals surface area contributed by atoms with Gasteiger partial charge in [-0.3, -0.25) is 0 Å². The van der Waals surface area contributed by atoms with Gasteiger partial charge in [0.1, 0.15) is 18.0 Å². The molecule has 0 atom stereocenters. The third-order valence-corrected chi connectivity index (χ3v) is 2.47. The van der Waals surface area contributed by atoms with E-state index in [1.807, 2.05) is 0 Å². The molecule has 0 heterocycles. The Hall–Kier alpha value is -1.83. The maximum Gasteiger partial charge on any atom is 0.405 e. The van der Waals surface area contributed by atoms with Crippen LogP contribution in [0.15, 0.2) is 12.1 Å². The molecule has 0 aliphatic rings. The predicted octanol–water partition coefficient (Wildman–Crippen LogP) is 3.04. The SMILES string of the molecule is COc1cc(OC)c(NC(=O)NCC(F)(F)F)cc1Cl. The standard InChI is InChI=1S/C11H12ClF3N2O3/c1-19-8-4-9(20-2)7(3-6(8)12)17-10(18)16-5-11(13,14)15/h3-4H,5H2,1-2H3,(H2,16,17,18). The van der Waals surface area contributed by atoms with Crippen molar-refractivity contribution in [3.8, 4) is 11.5 Å². The molecule has 1 rings (SSSR count). The molecule has 2 N–H and O–H groups in total. The van der Waals surface area contributed by atoms with Crippen LogP contribution in [-0.4, -0.2) is 33.0 Å². The number of methoxy groups -OCH3 is 2. The van der Waals surface area contributed by atoms with Crippen LogP contribution >= 0.6 is 11.6 Å². The average Bonchev–Trinajstić information content (AvgIpc) is 2.36. The fourth-order valence-electron chi connectivity index (χ4n) is 1.30. The van der Waals surface area contributed by atoms with Crippen molar-refractivity contribution >= 4 is 23.3 Å². The zero-order valence-electron chi connectivity index (χ0n) is 10.6. The molecule has 0 bridgehead atoms. The smallest absolute Gasteiger partial charge is 0.405 e. The van der Waals surface area contributed by atoms with Gasteiger partial charge in [0.25, 0.3) is 0 Å². The first-order valence-corrected chi connectivity index (χ1v) is 5.67. The molecule has 5 nitrogen and oxygen atoms in total. The van der Waals surface area contributed by atoms with Gasteiger partial charge in [0, 0.05) is 6.07 Å². The Morgan fingerprint density at radius 3 is 2.35 bits per heavy atom. The van der Waals surface area contributed by atoms with E-state index < -0.39 is 18.8 Å². The highest BCUT2D eigenvalue weighted by atomic mass is 35.5. The van der Waals surface area contributed by atoms with Crippen LogP contribution in [0.1, 0.15) is 0 Å². The number of halogens is 4. The molecule has 2 amide bonds. The Balaban J connectivity index is 2.81. The number of hydrogen-bond donors (Lipinski definition) is 2. The summed E-state index contributed by atoms with van der Waals surface area (Å²) in [6, 6.07) is 1.69. The quantitative estimate of drug-likeness (QED) is 0.898. The predicted molar refractivity (Wildman–Crippen MR) is 67.6 cm³/mol. The van der Waals surface area contributed by atoms with Gasteiger partial charge in [-0.15, -0.1) is 0 Å². The summed E-state index contributed by atoms with van der Waals surface area (Å²) in [5, 5.41) is 4.06. The Morgan fingerprint density at radius 1 is 1.25 bits per heavy atom. The average molecular weight is 313 g/mol. The van der Waals surface area contributed by atoms with Crippen LogP contribution in [0.25, 0.3) is 0 Å². The van der Waals surface area contributed by atoms with Crippen LogP contribution in [0, 0.1) is 0 Å². The Labute approximate surface area is 118 Å². The molecule has 9 heteroatoms. The second-order valence-corrected chi connectivity index (χ2v) is 4.02.